The van der Waals surface area contributed by atoms with Crippen LogP contribution in [0.2, 0.25) is 0 Å². The molecule has 1 aromatic carbocycles. The van der Waals surface area contributed by atoms with E-state index in [9.17, 15) is 0 Å². The molecule has 3 heterocycles. The normalized spacial score (nSPS) is 11.8. The van der Waals surface area contributed by atoms with E-state index in [4.69, 9.17) is 10.5 Å². The van der Waals surface area contributed by atoms with Gasteiger partial charge in [0, 0.05) is 35.8 Å². The summed E-state index contributed by atoms with van der Waals surface area (Å²) in [4.78, 5) is 7.90. The number of ether oxygens (including phenoxy) is 1. The van der Waals surface area contributed by atoms with Crippen LogP contribution in [0.4, 0.5) is 5.82 Å². The Kier molecular flexibility index (Phi) is 5.27. The van der Waals surface area contributed by atoms with E-state index >= 15 is 0 Å². The van der Waals surface area contributed by atoms with Gasteiger partial charge in [-0.05, 0) is 62.2 Å². The number of nitrogens with zero attached hydrogens (tertiary/aromatic N) is 2. The van der Waals surface area contributed by atoms with Crippen LogP contribution in [0.5, 0.6) is 0 Å². The summed E-state index contributed by atoms with van der Waals surface area (Å²) in [6.07, 6.45) is 3.11. The van der Waals surface area contributed by atoms with Crippen molar-refractivity contribution in [2.45, 2.75) is 32.9 Å². The third kappa shape index (κ3) is 3.85. The van der Waals surface area contributed by atoms with Gasteiger partial charge in [0.05, 0.1) is 11.6 Å². The number of rotatable bonds is 8. The van der Waals surface area contributed by atoms with Gasteiger partial charge in [0.15, 0.2) is 5.82 Å². The van der Waals surface area contributed by atoms with E-state index in [2.05, 4.69) is 57.5 Å². The average molecular weight is 378 g/mol. The lowest BCUT2D eigenvalue weighted by molar-refractivity contribution is 0.0770. The van der Waals surface area contributed by atoms with Crippen molar-refractivity contribution in [3.63, 3.8) is 0 Å². The van der Waals surface area contributed by atoms with Gasteiger partial charge in [-0.25, -0.2) is 4.98 Å². The number of hydrogen-bond acceptors (Lipinski definition) is 5. The van der Waals surface area contributed by atoms with E-state index in [0.29, 0.717) is 5.82 Å². The first-order chi connectivity index (χ1) is 13.6. The SMILES string of the molecule is CC(C)OCCCNCc1cc2c(-c3ccc4[nH]nc(N)c4c3)ccnc2[nH]1. The van der Waals surface area contributed by atoms with Crippen molar-refractivity contribution in [3.8, 4) is 11.1 Å². The number of aromatic amines is 2. The van der Waals surface area contributed by atoms with E-state index < -0.39 is 0 Å². The molecule has 0 radical (unpaired) electrons. The number of benzene rings is 1. The Balaban J connectivity index is 1.51. The van der Waals surface area contributed by atoms with Gasteiger partial charge in [-0.15, -0.1) is 0 Å². The predicted molar refractivity (Wildman–Crippen MR) is 113 cm³/mol. The lowest BCUT2D eigenvalue weighted by atomic mass is 10.0. The fourth-order valence-electron chi connectivity index (χ4n) is 3.37. The predicted octanol–water partition coefficient (Wildman–Crippen LogP) is 3.59. The van der Waals surface area contributed by atoms with Crippen LogP contribution >= 0.6 is 0 Å². The van der Waals surface area contributed by atoms with Gasteiger partial charge >= 0.3 is 0 Å². The summed E-state index contributed by atoms with van der Waals surface area (Å²) in [5.41, 5.74) is 11.1. The maximum atomic E-state index is 5.97. The van der Waals surface area contributed by atoms with Crippen molar-refractivity contribution < 1.29 is 4.74 Å². The van der Waals surface area contributed by atoms with Gasteiger partial charge in [0.2, 0.25) is 0 Å². The number of aromatic nitrogens is 4. The molecule has 0 bridgehead atoms. The molecule has 0 spiro atoms. The number of anilines is 1. The minimum Gasteiger partial charge on any atom is -0.382 e. The fraction of sp³-hybridized carbons (Fsp3) is 0.333. The Hall–Kier alpha value is -2.90. The number of H-pyrrole nitrogens is 2. The molecule has 7 nitrogen and oxygen atoms in total. The van der Waals surface area contributed by atoms with Gasteiger partial charge in [-0.3, -0.25) is 5.10 Å². The molecule has 0 atom stereocenters. The second-order valence-corrected chi connectivity index (χ2v) is 7.23. The highest BCUT2D eigenvalue weighted by Gasteiger charge is 2.10. The Morgan fingerprint density at radius 1 is 1.18 bits per heavy atom. The van der Waals surface area contributed by atoms with Crippen LogP contribution in [-0.4, -0.2) is 39.4 Å². The van der Waals surface area contributed by atoms with E-state index in [1.165, 1.54) is 0 Å². The molecule has 0 unspecified atom stereocenters. The molecule has 0 aliphatic heterocycles. The number of nitrogens with two attached hydrogens (primary N) is 1. The van der Waals surface area contributed by atoms with Gasteiger partial charge in [0.1, 0.15) is 5.65 Å². The van der Waals surface area contributed by atoms with E-state index in [-0.39, 0.29) is 6.10 Å². The van der Waals surface area contributed by atoms with E-state index in [1.54, 1.807) is 0 Å². The lowest BCUT2D eigenvalue weighted by Crippen LogP contribution is -2.17. The number of hydrogen-bond donors (Lipinski definition) is 4. The van der Waals surface area contributed by atoms with Crippen molar-refractivity contribution in [2.75, 3.05) is 18.9 Å². The lowest BCUT2D eigenvalue weighted by Gasteiger charge is -2.07. The third-order valence-corrected chi connectivity index (χ3v) is 4.76. The summed E-state index contributed by atoms with van der Waals surface area (Å²) in [6.45, 7) is 6.58. The van der Waals surface area contributed by atoms with Crippen molar-refractivity contribution in [1.29, 1.82) is 0 Å². The molecular formula is C21H26N6O. The molecule has 0 amide bonds. The summed E-state index contributed by atoms with van der Waals surface area (Å²) in [7, 11) is 0. The van der Waals surface area contributed by atoms with Gasteiger partial charge in [-0.1, -0.05) is 6.07 Å². The summed E-state index contributed by atoms with van der Waals surface area (Å²) in [5, 5.41) is 12.5. The topological polar surface area (TPSA) is 105 Å². The minimum atomic E-state index is 0.287. The maximum Gasteiger partial charge on any atom is 0.153 e. The minimum absolute atomic E-state index is 0.287. The summed E-state index contributed by atoms with van der Waals surface area (Å²) < 4.78 is 5.57. The zero-order valence-electron chi connectivity index (χ0n) is 16.2. The molecule has 4 aromatic rings. The van der Waals surface area contributed by atoms with Gasteiger partial charge in [-0.2, -0.15) is 5.10 Å². The molecule has 0 fully saturated rings. The van der Waals surface area contributed by atoms with Crippen LogP contribution in [0.15, 0.2) is 36.5 Å². The van der Waals surface area contributed by atoms with E-state index in [1.807, 2.05) is 18.3 Å². The summed E-state index contributed by atoms with van der Waals surface area (Å²) >= 11 is 0. The molecule has 4 rings (SSSR count). The van der Waals surface area contributed by atoms with Crippen molar-refractivity contribution in [3.05, 3.63) is 42.2 Å². The number of fused-ring (bicyclic) bond motifs is 2. The molecule has 146 valence electrons. The first-order valence-corrected chi connectivity index (χ1v) is 9.64. The highest BCUT2D eigenvalue weighted by Crippen LogP contribution is 2.31. The Morgan fingerprint density at radius 3 is 2.93 bits per heavy atom. The molecule has 0 saturated heterocycles. The van der Waals surface area contributed by atoms with Crippen molar-refractivity contribution in [1.82, 2.24) is 25.5 Å². The van der Waals surface area contributed by atoms with Crippen molar-refractivity contribution in [2.24, 2.45) is 0 Å². The highest BCUT2D eigenvalue weighted by molar-refractivity contribution is 5.98. The number of pyridine rings is 1. The largest absolute Gasteiger partial charge is 0.382 e. The van der Waals surface area contributed by atoms with E-state index in [0.717, 1.165) is 64.9 Å². The summed E-state index contributed by atoms with van der Waals surface area (Å²) in [6, 6.07) is 10.4. The molecule has 0 aliphatic rings. The van der Waals surface area contributed by atoms with Crippen molar-refractivity contribution >= 4 is 27.8 Å². The van der Waals surface area contributed by atoms with Gasteiger partial charge < -0.3 is 20.8 Å². The standard InChI is InChI=1S/C21H26N6O/c1-13(2)28-9-3-7-23-12-15-11-17-16(6-8-24-21(17)25-15)14-4-5-19-18(10-14)20(22)27-26-19/h4-6,8,10-11,13,23H,3,7,9,12H2,1-2H3,(H,24,25)(H3,22,26,27). The van der Waals surface area contributed by atoms with Crippen LogP contribution in [-0.2, 0) is 11.3 Å². The number of nitrogen functional groups attached to an aromatic ring is 1. The van der Waals surface area contributed by atoms with Gasteiger partial charge in [0.25, 0.3) is 0 Å². The first-order valence-electron chi connectivity index (χ1n) is 9.64. The third-order valence-electron chi connectivity index (χ3n) is 4.76. The Bertz CT molecular complexity index is 1080. The molecule has 28 heavy (non-hydrogen) atoms. The average Bonchev–Trinajstić information content (AvgIpc) is 3.27. The molecule has 0 saturated carbocycles. The highest BCUT2D eigenvalue weighted by atomic mass is 16.5. The smallest absolute Gasteiger partial charge is 0.153 e. The van der Waals surface area contributed by atoms with Crippen LogP contribution in [0.3, 0.4) is 0 Å². The molecule has 7 heteroatoms. The monoisotopic (exact) mass is 378 g/mol. The molecule has 0 aliphatic carbocycles. The molecule has 3 aromatic heterocycles. The number of nitrogens with one attached hydrogen (secondary N) is 3. The zero-order chi connectivity index (χ0) is 19.5. The molecular weight excluding hydrogens is 352 g/mol. The second-order valence-electron chi connectivity index (χ2n) is 7.23. The van der Waals surface area contributed by atoms with Crippen LogP contribution in [0, 0.1) is 0 Å². The quantitative estimate of drug-likeness (QED) is 0.351. The first kappa shape index (κ1) is 18.5. The Morgan fingerprint density at radius 2 is 2.07 bits per heavy atom. The van der Waals surface area contributed by atoms with Crippen LogP contribution in [0.1, 0.15) is 26.0 Å². The van der Waals surface area contributed by atoms with Crippen LogP contribution < -0.4 is 11.1 Å². The molecule has 5 N–H and O–H groups in total. The second kappa shape index (κ2) is 8.00. The maximum absolute atomic E-state index is 5.97. The zero-order valence-corrected chi connectivity index (χ0v) is 16.2. The summed E-state index contributed by atoms with van der Waals surface area (Å²) in [5.74, 6) is 0.516. The van der Waals surface area contributed by atoms with Crippen LogP contribution in [0.25, 0.3) is 33.1 Å². The Labute approximate surface area is 163 Å². The fourth-order valence-corrected chi connectivity index (χ4v) is 3.37.